The summed E-state index contributed by atoms with van der Waals surface area (Å²) < 4.78 is 14.0. The zero-order chi connectivity index (χ0) is 20.1. The maximum absolute atomic E-state index is 14.0. The van der Waals surface area contributed by atoms with Gasteiger partial charge in [0.15, 0.2) is 5.78 Å². The van der Waals surface area contributed by atoms with Crippen molar-refractivity contribution in [2.24, 2.45) is 0 Å². The lowest BCUT2D eigenvalue weighted by molar-refractivity contribution is 0.0882. The fraction of sp³-hybridized carbons (Fsp3) is 0.240. The molecule has 1 atom stereocenters. The van der Waals surface area contributed by atoms with Crippen LogP contribution in [-0.2, 0) is 5.41 Å². The molecule has 0 aliphatic carbocycles. The van der Waals surface area contributed by atoms with Crippen LogP contribution < -0.4 is 0 Å². The zero-order valence-electron chi connectivity index (χ0n) is 16.6. The van der Waals surface area contributed by atoms with Crippen molar-refractivity contribution in [1.82, 2.24) is 4.90 Å². The third kappa shape index (κ3) is 3.90. The van der Waals surface area contributed by atoms with Gasteiger partial charge in [-0.1, -0.05) is 72.8 Å². The molecule has 0 aliphatic rings. The van der Waals surface area contributed by atoms with Crippen molar-refractivity contribution in [1.29, 1.82) is 0 Å². The average Bonchev–Trinajstić information content (AvgIpc) is 2.72. The van der Waals surface area contributed by atoms with Gasteiger partial charge in [0.2, 0.25) is 0 Å². The van der Waals surface area contributed by atoms with Gasteiger partial charge in [-0.05, 0) is 50.7 Å². The Morgan fingerprint density at radius 3 is 1.89 bits per heavy atom. The predicted octanol–water partition coefficient (Wildman–Crippen LogP) is 5.33. The molecule has 3 aromatic carbocycles. The molecule has 0 unspecified atom stereocenters. The van der Waals surface area contributed by atoms with Gasteiger partial charge in [0.05, 0.1) is 5.41 Å². The minimum absolute atomic E-state index is 0.0851. The molecule has 2 nitrogen and oxygen atoms in total. The van der Waals surface area contributed by atoms with Crippen LogP contribution in [-0.4, -0.2) is 30.8 Å². The monoisotopic (exact) mass is 375 g/mol. The van der Waals surface area contributed by atoms with Gasteiger partial charge in [0.25, 0.3) is 0 Å². The van der Waals surface area contributed by atoms with Crippen LogP contribution in [0, 0.1) is 5.82 Å². The smallest absolute Gasteiger partial charge is 0.177 e. The van der Waals surface area contributed by atoms with Crippen molar-refractivity contribution >= 4 is 5.78 Å². The number of hydrogen-bond acceptors (Lipinski definition) is 2. The first-order valence-electron chi connectivity index (χ1n) is 9.53. The second-order valence-electron chi connectivity index (χ2n) is 7.49. The van der Waals surface area contributed by atoms with Gasteiger partial charge in [-0.2, -0.15) is 0 Å². The van der Waals surface area contributed by atoms with Crippen LogP contribution in [0.5, 0.6) is 0 Å². The van der Waals surface area contributed by atoms with Gasteiger partial charge >= 0.3 is 0 Å². The summed E-state index contributed by atoms with van der Waals surface area (Å²) in [6.45, 7) is 2.11. The summed E-state index contributed by atoms with van der Waals surface area (Å²) in [6, 6.07) is 25.8. The lowest BCUT2D eigenvalue weighted by atomic mass is 9.66. The number of rotatable bonds is 7. The van der Waals surface area contributed by atoms with Crippen LogP contribution in [0.4, 0.5) is 4.39 Å². The topological polar surface area (TPSA) is 20.3 Å². The van der Waals surface area contributed by atoms with Gasteiger partial charge in [0, 0.05) is 11.6 Å². The van der Waals surface area contributed by atoms with E-state index in [0.717, 1.165) is 11.1 Å². The lowest BCUT2D eigenvalue weighted by Gasteiger charge is -2.37. The van der Waals surface area contributed by atoms with Crippen molar-refractivity contribution in [3.05, 3.63) is 107 Å². The Labute approximate surface area is 166 Å². The SMILES string of the molecule is C[C@@H](CC(C(=O)c1cccc(F)c1)(c1ccccc1)c1ccccc1)N(C)C. The first-order valence-corrected chi connectivity index (χ1v) is 9.53. The molecule has 0 spiro atoms. The van der Waals surface area contributed by atoms with Gasteiger partial charge in [0.1, 0.15) is 5.82 Å². The summed E-state index contributed by atoms with van der Waals surface area (Å²) in [7, 11) is 4.02. The van der Waals surface area contributed by atoms with Crippen molar-refractivity contribution < 1.29 is 9.18 Å². The van der Waals surface area contributed by atoms with Gasteiger partial charge in [-0.3, -0.25) is 4.79 Å². The summed E-state index contributed by atoms with van der Waals surface area (Å²) >= 11 is 0. The highest BCUT2D eigenvalue weighted by Gasteiger charge is 2.43. The molecule has 3 heteroatoms. The van der Waals surface area contributed by atoms with Crippen LogP contribution >= 0.6 is 0 Å². The van der Waals surface area contributed by atoms with Gasteiger partial charge in [-0.15, -0.1) is 0 Å². The van der Waals surface area contributed by atoms with E-state index >= 15 is 0 Å². The molecule has 0 N–H and O–H groups in total. The van der Waals surface area contributed by atoms with Crippen LogP contribution in [0.25, 0.3) is 0 Å². The number of carbonyl (C=O) groups is 1. The average molecular weight is 375 g/mol. The Balaban J connectivity index is 2.28. The van der Waals surface area contributed by atoms with Crippen molar-refractivity contribution in [2.45, 2.75) is 24.8 Å². The molecule has 0 aromatic heterocycles. The van der Waals surface area contributed by atoms with Gasteiger partial charge in [-0.25, -0.2) is 4.39 Å². The minimum atomic E-state index is -0.903. The Kier molecular flexibility index (Phi) is 6.05. The van der Waals surface area contributed by atoms with Gasteiger partial charge < -0.3 is 4.90 Å². The number of nitrogens with zero attached hydrogens (tertiary/aromatic N) is 1. The molecule has 28 heavy (non-hydrogen) atoms. The summed E-state index contributed by atoms with van der Waals surface area (Å²) in [5.74, 6) is -0.486. The molecular formula is C25H26FNO. The standard InChI is InChI=1S/C25H26FNO/c1-19(27(2)3)18-25(21-12-6-4-7-13-21,22-14-8-5-9-15-22)24(28)20-11-10-16-23(26)17-20/h4-17,19H,18H2,1-3H3/t19-/m0/s1. The predicted molar refractivity (Wildman–Crippen MR) is 112 cm³/mol. The molecule has 3 rings (SSSR count). The van der Waals surface area contributed by atoms with Crippen LogP contribution in [0.1, 0.15) is 34.8 Å². The Bertz CT molecular complexity index is 882. The number of Topliss-reactive ketones (excluding diaryl/α,β-unsaturated/α-hetero) is 1. The number of hydrogen-bond donors (Lipinski definition) is 0. The Morgan fingerprint density at radius 2 is 1.43 bits per heavy atom. The molecule has 0 radical (unpaired) electrons. The maximum atomic E-state index is 14.0. The minimum Gasteiger partial charge on any atom is -0.307 e. The first-order chi connectivity index (χ1) is 13.4. The zero-order valence-corrected chi connectivity index (χ0v) is 16.6. The maximum Gasteiger partial charge on any atom is 0.177 e. The number of halogens is 1. The number of carbonyl (C=O) groups excluding carboxylic acids is 1. The van der Waals surface area contributed by atoms with E-state index in [1.807, 2.05) is 74.8 Å². The molecule has 0 fully saturated rings. The molecule has 0 heterocycles. The van der Waals surface area contributed by atoms with E-state index in [9.17, 15) is 9.18 Å². The molecule has 0 bridgehead atoms. The van der Waals surface area contributed by atoms with E-state index in [1.54, 1.807) is 12.1 Å². The highest BCUT2D eigenvalue weighted by atomic mass is 19.1. The third-order valence-electron chi connectivity index (χ3n) is 5.49. The molecule has 0 aliphatic heterocycles. The lowest BCUT2D eigenvalue weighted by Crippen LogP contribution is -2.43. The number of benzene rings is 3. The Hall–Kier alpha value is -2.78. The van der Waals surface area contributed by atoms with Crippen molar-refractivity contribution in [3.63, 3.8) is 0 Å². The highest BCUT2D eigenvalue weighted by molar-refractivity contribution is 6.06. The summed E-state index contributed by atoms with van der Waals surface area (Å²) in [5.41, 5.74) is 1.33. The quantitative estimate of drug-likeness (QED) is 0.520. The van der Waals surface area contributed by atoms with E-state index in [1.165, 1.54) is 12.1 Å². The van der Waals surface area contributed by atoms with E-state index < -0.39 is 11.2 Å². The third-order valence-corrected chi connectivity index (χ3v) is 5.49. The number of ketones is 1. The van der Waals surface area contributed by atoms with Crippen LogP contribution in [0.2, 0.25) is 0 Å². The van der Waals surface area contributed by atoms with Crippen LogP contribution in [0.3, 0.4) is 0 Å². The first kappa shape index (κ1) is 20.0. The van der Waals surface area contributed by atoms with Crippen molar-refractivity contribution in [3.8, 4) is 0 Å². The van der Waals surface area contributed by atoms with Crippen molar-refractivity contribution in [2.75, 3.05) is 14.1 Å². The van der Waals surface area contributed by atoms with E-state index in [0.29, 0.717) is 12.0 Å². The second-order valence-corrected chi connectivity index (χ2v) is 7.49. The normalized spacial score (nSPS) is 12.8. The summed E-state index contributed by atoms with van der Waals surface area (Å²) in [5, 5.41) is 0. The fourth-order valence-electron chi connectivity index (χ4n) is 3.70. The van der Waals surface area contributed by atoms with E-state index in [-0.39, 0.29) is 11.8 Å². The van der Waals surface area contributed by atoms with Crippen LogP contribution in [0.15, 0.2) is 84.9 Å². The second kappa shape index (κ2) is 8.49. The van der Waals surface area contributed by atoms with E-state index in [4.69, 9.17) is 0 Å². The van der Waals surface area contributed by atoms with E-state index in [2.05, 4.69) is 11.8 Å². The summed E-state index contributed by atoms with van der Waals surface area (Å²) in [4.78, 5) is 16.1. The largest absolute Gasteiger partial charge is 0.307 e. The molecule has 0 saturated heterocycles. The molecule has 3 aromatic rings. The highest BCUT2D eigenvalue weighted by Crippen LogP contribution is 2.40. The summed E-state index contributed by atoms with van der Waals surface area (Å²) in [6.07, 6.45) is 0.587. The molecule has 0 amide bonds. The Morgan fingerprint density at radius 1 is 0.893 bits per heavy atom. The molecule has 0 saturated carbocycles. The molecular weight excluding hydrogens is 349 g/mol. The molecule has 144 valence electrons. The fourth-order valence-corrected chi connectivity index (χ4v) is 3.70.